The van der Waals surface area contributed by atoms with Gasteiger partial charge in [-0.25, -0.2) is 9.59 Å². The number of rotatable bonds is 9. The number of nitrogens with zero attached hydrogens (tertiary/aromatic N) is 2. The first-order valence-corrected chi connectivity index (χ1v) is 11.5. The fraction of sp³-hybridized carbons (Fsp3) is 0.308. The fourth-order valence-electron chi connectivity index (χ4n) is 3.43. The predicted molar refractivity (Wildman–Crippen MR) is 125 cm³/mol. The van der Waals surface area contributed by atoms with E-state index in [9.17, 15) is 33.6 Å². The summed E-state index contributed by atoms with van der Waals surface area (Å²) in [6.45, 7) is 1.67. The molecule has 192 valence electrons. The molecule has 11 nitrogen and oxygen atoms in total. The van der Waals surface area contributed by atoms with E-state index >= 15 is 0 Å². The lowest BCUT2D eigenvalue weighted by molar-refractivity contribution is -0.198. The van der Waals surface area contributed by atoms with E-state index in [4.69, 9.17) is 9.68 Å². The smallest absolute Gasteiger partial charge is 0.330 e. The minimum Gasteiger partial charge on any atom is -0.330 e. The first-order valence-electron chi connectivity index (χ1n) is 11.5. The Morgan fingerprint density at radius 2 is 1.46 bits per heavy atom. The second-order valence-electron chi connectivity index (χ2n) is 8.05. The molecule has 3 rings (SSSR count). The van der Waals surface area contributed by atoms with E-state index in [1.807, 2.05) is 0 Å². The van der Waals surface area contributed by atoms with Crippen molar-refractivity contribution in [3.63, 3.8) is 0 Å². The topological polar surface area (TPSA) is 144 Å². The fourth-order valence-corrected chi connectivity index (χ4v) is 3.43. The molecule has 0 aromatic carbocycles. The van der Waals surface area contributed by atoms with Crippen LogP contribution in [0.5, 0.6) is 0 Å². The van der Waals surface area contributed by atoms with Gasteiger partial charge in [0.15, 0.2) is 5.78 Å². The zero-order valence-corrected chi connectivity index (χ0v) is 20.0. The Kier molecular flexibility index (Phi) is 9.01. The quantitative estimate of drug-likeness (QED) is 0.197. The third kappa shape index (κ3) is 6.96. The zero-order chi connectivity index (χ0) is 26.9. The van der Waals surface area contributed by atoms with E-state index in [0.717, 1.165) is 0 Å². The average molecular weight is 508 g/mol. The molecule has 11 heteroatoms. The summed E-state index contributed by atoms with van der Waals surface area (Å²) in [5.74, 6) is -5.28. The SMILES string of the molecule is C/C=C(\C/C=C\CC(=O)ON1C(=O)CCC1=O)C(=O)C1=C=CC=CC(C(=O)ON2C(=O)CCC2=O)/C=C\1. The first kappa shape index (κ1) is 27.0. The van der Waals surface area contributed by atoms with Crippen molar-refractivity contribution in [2.75, 3.05) is 0 Å². The molecule has 2 saturated heterocycles. The second-order valence-corrected chi connectivity index (χ2v) is 8.05. The van der Waals surface area contributed by atoms with Gasteiger partial charge >= 0.3 is 11.9 Å². The van der Waals surface area contributed by atoms with Gasteiger partial charge in [-0.15, -0.1) is 15.9 Å². The summed E-state index contributed by atoms with van der Waals surface area (Å²) in [7, 11) is 0. The average Bonchev–Trinajstić information content (AvgIpc) is 3.34. The normalized spacial score (nSPS) is 20.8. The molecule has 2 fully saturated rings. The van der Waals surface area contributed by atoms with Gasteiger partial charge in [0.2, 0.25) is 0 Å². The Morgan fingerprint density at radius 3 is 2.05 bits per heavy atom. The number of carbonyl (C=O) groups excluding carboxylic acids is 7. The maximum absolute atomic E-state index is 13.0. The van der Waals surface area contributed by atoms with Crippen LogP contribution in [-0.4, -0.2) is 51.5 Å². The second kappa shape index (κ2) is 12.4. The Morgan fingerprint density at radius 1 is 0.892 bits per heavy atom. The molecule has 0 bridgehead atoms. The molecule has 1 atom stereocenters. The van der Waals surface area contributed by atoms with Crippen LogP contribution in [0, 0.1) is 5.92 Å². The lowest BCUT2D eigenvalue weighted by Crippen LogP contribution is -2.34. The van der Waals surface area contributed by atoms with E-state index in [2.05, 4.69) is 5.73 Å². The lowest BCUT2D eigenvalue weighted by Gasteiger charge is -2.15. The van der Waals surface area contributed by atoms with Gasteiger partial charge in [0.05, 0.1) is 17.9 Å². The summed E-state index contributed by atoms with van der Waals surface area (Å²) >= 11 is 0. The molecular weight excluding hydrogens is 484 g/mol. The number of hydroxylamine groups is 4. The molecule has 1 aliphatic carbocycles. The monoisotopic (exact) mass is 508 g/mol. The van der Waals surface area contributed by atoms with Crippen LogP contribution in [-0.2, 0) is 43.2 Å². The van der Waals surface area contributed by atoms with Crippen molar-refractivity contribution in [2.24, 2.45) is 5.92 Å². The van der Waals surface area contributed by atoms with Crippen LogP contribution >= 0.6 is 0 Å². The van der Waals surface area contributed by atoms with Gasteiger partial charge in [-0.1, -0.05) is 36.5 Å². The number of imide groups is 2. The minimum atomic E-state index is -0.948. The van der Waals surface area contributed by atoms with Gasteiger partial charge in [-0.3, -0.25) is 24.0 Å². The number of amides is 4. The first-order chi connectivity index (χ1) is 17.7. The van der Waals surface area contributed by atoms with Crippen molar-refractivity contribution in [1.29, 1.82) is 0 Å². The number of hydrogen-bond acceptors (Lipinski definition) is 9. The predicted octanol–water partition coefficient (Wildman–Crippen LogP) is 1.88. The zero-order valence-electron chi connectivity index (χ0n) is 20.0. The molecule has 0 aromatic heterocycles. The highest BCUT2D eigenvalue weighted by molar-refractivity contribution is 6.10. The molecule has 3 aliphatic rings. The molecule has 1 unspecified atom stereocenters. The highest BCUT2D eigenvalue weighted by atomic mass is 16.7. The van der Waals surface area contributed by atoms with E-state index < -0.39 is 41.5 Å². The molecule has 2 heterocycles. The van der Waals surface area contributed by atoms with Crippen LogP contribution < -0.4 is 0 Å². The van der Waals surface area contributed by atoms with E-state index in [1.165, 1.54) is 36.5 Å². The lowest BCUT2D eigenvalue weighted by atomic mass is 9.97. The maximum atomic E-state index is 13.0. The molecular formula is C26H24N2O9. The summed E-state index contributed by atoms with van der Waals surface area (Å²) in [5.41, 5.74) is 3.37. The van der Waals surface area contributed by atoms with Crippen molar-refractivity contribution in [2.45, 2.75) is 45.4 Å². The summed E-state index contributed by atoms with van der Waals surface area (Å²) < 4.78 is 0. The van der Waals surface area contributed by atoms with Crippen molar-refractivity contribution >= 4 is 41.4 Å². The Hall–Kier alpha value is -4.63. The summed E-state index contributed by atoms with van der Waals surface area (Å²) in [4.78, 5) is 93.4. The van der Waals surface area contributed by atoms with Gasteiger partial charge in [-0.05, 0) is 25.5 Å². The van der Waals surface area contributed by atoms with Gasteiger partial charge in [0.1, 0.15) is 0 Å². The highest BCUT2D eigenvalue weighted by Crippen LogP contribution is 2.18. The number of carbonyl (C=O) groups is 7. The molecule has 0 N–H and O–H groups in total. The number of allylic oxidation sites excluding steroid dienone is 6. The summed E-state index contributed by atoms with van der Waals surface area (Å²) in [6, 6.07) is 0. The highest BCUT2D eigenvalue weighted by Gasteiger charge is 2.34. The number of ketones is 1. The molecule has 0 saturated carbocycles. The van der Waals surface area contributed by atoms with Crippen molar-refractivity contribution < 1.29 is 43.2 Å². The third-order valence-corrected chi connectivity index (χ3v) is 5.46. The van der Waals surface area contributed by atoms with Crippen LogP contribution in [0.25, 0.3) is 0 Å². The van der Waals surface area contributed by atoms with Crippen molar-refractivity contribution in [3.05, 3.63) is 65.5 Å². The Labute approximate surface area is 211 Å². The largest absolute Gasteiger partial charge is 0.343 e. The number of Topliss-reactive ketones (excluding diaryl/α,β-unsaturated/α-hetero) is 1. The summed E-state index contributed by atoms with van der Waals surface area (Å²) in [6.07, 6.45) is 11.8. The standard InChI is InChI=1S/C26H24N2O9/c1-2-17(7-5-6-10-24(33)36-27-20(29)13-14-21(27)30)25(34)18-8-3-4-9-19(12-11-18)26(35)37-28-22(31)15-16-23(28)32/h2-6,9,11-12,19H,7,10,13-16H2,1H3/b6-5-,9-4?,12-11-,17-2+. The molecule has 0 radical (unpaired) electrons. The third-order valence-electron chi connectivity index (χ3n) is 5.46. The van der Waals surface area contributed by atoms with Gasteiger partial charge in [0.25, 0.3) is 23.6 Å². The maximum Gasteiger partial charge on any atom is 0.343 e. The Bertz CT molecular complexity index is 1200. The van der Waals surface area contributed by atoms with Crippen LogP contribution in [0.15, 0.2) is 65.5 Å². The Balaban J connectivity index is 1.56. The van der Waals surface area contributed by atoms with Gasteiger partial charge in [-0.2, -0.15) is 0 Å². The minimum absolute atomic E-state index is 0.00296. The van der Waals surface area contributed by atoms with Crippen LogP contribution in [0.4, 0.5) is 0 Å². The van der Waals surface area contributed by atoms with E-state index in [-0.39, 0.29) is 49.9 Å². The molecule has 0 aromatic rings. The molecule has 2 aliphatic heterocycles. The van der Waals surface area contributed by atoms with Gasteiger partial charge in [0, 0.05) is 31.3 Å². The molecule has 37 heavy (non-hydrogen) atoms. The molecule has 4 amide bonds. The molecule has 0 spiro atoms. The van der Waals surface area contributed by atoms with Gasteiger partial charge < -0.3 is 9.68 Å². The number of hydrogen-bond donors (Lipinski definition) is 0. The van der Waals surface area contributed by atoms with Crippen molar-refractivity contribution in [3.8, 4) is 0 Å². The van der Waals surface area contributed by atoms with E-state index in [1.54, 1.807) is 19.1 Å². The van der Waals surface area contributed by atoms with E-state index in [0.29, 0.717) is 15.7 Å². The van der Waals surface area contributed by atoms with Crippen LogP contribution in [0.1, 0.15) is 45.4 Å². The van der Waals surface area contributed by atoms with Crippen molar-refractivity contribution in [1.82, 2.24) is 10.1 Å². The van der Waals surface area contributed by atoms with Crippen LogP contribution in [0.2, 0.25) is 0 Å². The van der Waals surface area contributed by atoms with Crippen LogP contribution in [0.3, 0.4) is 0 Å². The summed E-state index contributed by atoms with van der Waals surface area (Å²) in [5, 5.41) is 0.927.